The molecule has 1 atom stereocenters. The van der Waals surface area contributed by atoms with Gasteiger partial charge in [-0.3, -0.25) is 19.1 Å². The molecule has 1 aromatic heterocycles. The number of hydrogen-bond donors (Lipinski definition) is 1. The van der Waals surface area contributed by atoms with Gasteiger partial charge in [-0.2, -0.15) is 5.10 Å². The number of benzene rings is 3. The van der Waals surface area contributed by atoms with Crippen LogP contribution < -0.4 is 5.32 Å². The van der Waals surface area contributed by atoms with Crippen molar-refractivity contribution in [1.29, 1.82) is 0 Å². The molecule has 1 N–H and O–H groups in total. The number of rotatable bonds is 8. The van der Waals surface area contributed by atoms with Crippen LogP contribution in [0.3, 0.4) is 0 Å². The second-order valence-electron chi connectivity index (χ2n) is 11.5. The first-order valence-corrected chi connectivity index (χ1v) is 14.5. The fourth-order valence-corrected chi connectivity index (χ4v) is 7.20. The van der Waals surface area contributed by atoms with Gasteiger partial charge in [0.2, 0.25) is 5.91 Å². The zero-order valence-corrected chi connectivity index (χ0v) is 23.6. The summed E-state index contributed by atoms with van der Waals surface area (Å²) in [6.45, 7) is 1.50. The molecule has 3 aliphatic rings. The normalized spacial score (nSPS) is 21.6. The zero-order chi connectivity index (χ0) is 28.7. The van der Waals surface area contributed by atoms with Crippen molar-refractivity contribution in [2.24, 2.45) is 17.3 Å². The van der Waals surface area contributed by atoms with Crippen LogP contribution >= 0.6 is 11.6 Å². The molecule has 7 rings (SSSR count). The number of aromatic nitrogens is 2. The fourth-order valence-electron chi connectivity index (χ4n) is 6.96. The second-order valence-corrected chi connectivity index (χ2v) is 11.9. The lowest BCUT2D eigenvalue weighted by atomic mass is 9.53. The number of hydrogen-bond acceptors (Lipinski definition) is 4. The van der Waals surface area contributed by atoms with Gasteiger partial charge in [0.25, 0.3) is 0 Å². The number of carbonyl (C=O) groups is 3. The van der Waals surface area contributed by atoms with Crippen molar-refractivity contribution in [2.45, 2.75) is 52.0 Å². The molecule has 1 heterocycles. The maximum atomic E-state index is 15.6. The molecule has 4 aromatic rings. The van der Waals surface area contributed by atoms with Gasteiger partial charge in [-0.15, -0.1) is 0 Å². The van der Waals surface area contributed by atoms with Crippen molar-refractivity contribution in [1.82, 2.24) is 9.78 Å². The molecule has 6 nitrogen and oxygen atoms in total. The van der Waals surface area contributed by atoms with Crippen molar-refractivity contribution in [3.8, 4) is 11.1 Å². The average molecular weight is 572 g/mol. The van der Waals surface area contributed by atoms with Gasteiger partial charge in [0.05, 0.1) is 11.2 Å². The van der Waals surface area contributed by atoms with E-state index in [1.165, 1.54) is 6.92 Å². The Morgan fingerprint density at radius 3 is 2.46 bits per heavy atom. The van der Waals surface area contributed by atoms with Crippen LogP contribution in [-0.4, -0.2) is 27.3 Å². The number of para-hydroxylation sites is 1. The number of ketones is 2. The minimum absolute atomic E-state index is 0.0293. The number of nitrogens with zero attached hydrogens (tertiary/aromatic N) is 2. The fraction of sp³-hybridized carbons (Fsp3) is 0.333. The minimum atomic E-state index is -0.535. The highest BCUT2D eigenvalue weighted by Gasteiger charge is 2.51. The van der Waals surface area contributed by atoms with Gasteiger partial charge in [0.1, 0.15) is 12.2 Å². The summed E-state index contributed by atoms with van der Waals surface area (Å²) in [5, 5.41) is 8.47. The summed E-state index contributed by atoms with van der Waals surface area (Å²) in [5.74, 6) is -0.940. The third kappa shape index (κ3) is 5.08. The Morgan fingerprint density at radius 2 is 1.71 bits per heavy atom. The molecule has 210 valence electrons. The summed E-state index contributed by atoms with van der Waals surface area (Å²) >= 11 is 6.32. The van der Waals surface area contributed by atoms with Crippen LogP contribution in [0.4, 0.5) is 10.1 Å². The van der Waals surface area contributed by atoms with Crippen LogP contribution in [0.1, 0.15) is 55.9 Å². The van der Waals surface area contributed by atoms with Crippen molar-refractivity contribution in [3.63, 3.8) is 0 Å². The van der Waals surface area contributed by atoms with E-state index in [1.54, 1.807) is 47.1 Å². The van der Waals surface area contributed by atoms with Crippen LogP contribution in [0, 0.1) is 23.1 Å². The van der Waals surface area contributed by atoms with Crippen LogP contribution in [0.25, 0.3) is 22.0 Å². The van der Waals surface area contributed by atoms with Crippen LogP contribution in [0.5, 0.6) is 0 Å². The minimum Gasteiger partial charge on any atom is -0.323 e. The average Bonchev–Trinajstić information content (AvgIpc) is 3.33. The first-order valence-electron chi connectivity index (χ1n) is 14.1. The Morgan fingerprint density at radius 1 is 1.00 bits per heavy atom. The molecular formula is C33H31ClFN3O3. The largest absolute Gasteiger partial charge is 0.323 e. The van der Waals surface area contributed by atoms with Crippen molar-refractivity contribution >= 4 is 45.7 Å². The predicted octanol–water partition coefficient (Wildman–Crippen LogP) is 7.49. The summed E-state index contributed by atoms with van der Waals surface area (Å²) < 4.78 is 17.2. The van der Waals surface area contributed by atoms with E-state index in [1.807, 2.05) is 24.3 Å². The highest BCUT2D eigenvalue weighted by atomic mass is 35.5. The number of nitrogens with one attached hydrogen (secondary N) is 1. The van der Waals surface area contributed by atoms with Crippen LogP contribution in [0.2, 0.25) is 5.02 Å². The van der Waals surface area contributed by atoms with Gasteiger partial charge in [0.15, 0.2) is 17.4 Å². The van der Waals surface area contributed by atoms with Gasteiger partial charge < -0.3 is 5.32 Å². The highest BCUT2D eigenvalue weighted by molar-refractivity contribution is 6.33. The molecule has 1 amide bonds. The summed E-state index contributed by atoms with van der Waals surface area (Å²) in [6, 6.07) is 19.3. The molecule has 8 heteroatoms. The van der Waals surface area contributed by atoms with Crippen LogP contribution in [0.15, 0.2) is 66.7 Å². The summed E-state index contributed by atoms with van der Waals surface area (Å²) in [7, 11) is 0. The predicted molar refractivity (Wildman–Crippen MR) is 157 cm³/mol. The van der Waals surface area contributed by atoms with Gasteiger partial charge in [-0.25, -0.2) is 4.39 Å². The zero-order valence-electron chi connectivity index (χ0n) is 22.8. The number of anilines is 1. The molecule has 41 heavy (non-hydrogen) atoms. The van der Waals surface area contributed by atoms with E-state index in [-0.39, 0.29) is 36.1 Å². The monoisotopic (exact) mass is 571 g/mol. The van der Waals surface area contributed by atoms with E-state index >= 15 is 4.39 Å². The molecule has 2 bridgehead atoms. The smallest absolute Gasteiger partial charge is 0.228 e. The second kappa shape index (κ2) is 10.9. The lowest BCUT2D eigenvalue weighted by Gasteiger charge is -2.51. The molecule has 3 aliphatic carbocycles. The Labute approximate surface area is 242 Å². The third-order valence-electron chi connectivity index (χ3n) is 9.01. The molecule has 0 spiro atoms. The molecule has 0 radical (unpaired) electrons. The third-order valence-corrected chi connectivity index (χ3v) is 9.34. The SMILES string of the molecule is CC(=O)c1nn(CC(=O)CC23CCC(CC2)CC3C(=O)Nc2cccc(-c3ccccc3Cl)c2F)c2ccccc12. The molecule has 1 unspecified atom stereocenters. The van der Waals surface area contributed by atoms with E-state index in [0.717, 1.165) is 36.6 Å². The van der Waals surface area contributed by atoms with Crippen LogP contribution in [-0.2, 0) is 16.1 Å². The van der Waals surface area contributed by atoms with Crippen molar-refractivity contribution in [2.75, 3.05) is 5.32 Å². The van der Waals surface area contributed by atoms with Gasteiger partial charge in [0, 0.05) is 40.8 Å². The van der Waals surface area contributed by atoms with Gasteiger partial charge in [-0.05, 0) is 61.6 Å². The molecule has 3 aromatic carbocycles. The quantitative estimate of drug-likeness (QED) is 0.222. The Kier molecular flexibility index (Phi) is 7.24. The number of amides is 1. The molecule has 3 fully saturated rings. The first-order chi connectivity index (χ1) is 19.8. The van der Waals surface area contributed by atoms with E-state index in [9.17, 15) is 14.4 Å². The Balaban J connectivity index is 1.23. The van der Waals surface area contributed by atoms with Crippen molar-refractivity contribution in [3.05, 3.63) is 83.3 Å². The Hall–Kier alpha value is -3.84. The molecule has 0 saturated heterocycles. The Bertz CT molecular complexity index is 1670. The maximum absolute atomic E-state index is 15.6. The lowest BCUT2D eigenvalue weighted by Crippen LogP contribution is -2.48. The standard InChI is InChI=1S/C33H31ClFN3O3/c1-20(39)31-25-8-3-5-12-29(25)38(37-31)19-22(40)18-33-15-13-21(14-16-33)17-26(33)32(41)36-28-11-6-9-24(30(28)35)23-7-2-4-10-27(23)34/h2-12,21,26H,13-19H2,1H3,(H,36,41). The highest BCUT2D eigenvalue weighted by Crippen LogP contribution is 2.56. The van der Waals surface area contributed by atoms with E-state index in [2.05, 4.69) is 10.4 Å². The summed E-state index contributed by atoms with van der Waals surface area (Å²) in [4.78, 5) is 39.5. The van der Waals surface area contributed by atoms with E-state index in [0.29, 0.717) is 34.2 Å². The summed E-state index contributed by atoms with van der Waals surface area (Å²) in [5.41, 5.74) is 1.58. The molecule has 3 saturated carbocycles. The maximum Gasteiger partial charge on any atom is 0.228 e. The first kappa shape index (κ1) is 27.3. The number of fused-ring (bicyclic) bond motifs is 4. The molecular weight excluding hydrogens is 541 g/mol. The summed E-state index contributed by atoms with van der Waals surface area (Å²) in [6.07, 6.45) is 4.44. The molecule has 0 aliphatic heterocycles. The number of halogens is 2. The number of Topliss-reactive ketones (excluding diaryl/α,β-unsaturated/α-hetero) is 2. The van der Waals surface area contributed by atoms with Crippen molar-refractivity contribution < 1.29 is 18.8 Å². The topological polar surface area (TPSA) is 81.1 Å². The number of carbonyl (C=O) groups excluding carboxylic acids is 3. The van der Waals surface area contributed by atoms with Gasteiger partial charge in [-0.1, -0.05) is 60.1 Å². The lowest BCUT2D eigenvalue weighted by molar-refractivity contribution is -0.136. The van der Waals surface area contributed by atoms with E-state index < -0.39 is 17.2 Å². The van der Waals surface area contributed by atoms with Gasteiger partial charge >= 0.3 is 0 Å². The van der Waals surface area contributed by atoms with E-state index in [4.69, 9.17) is 11.6 Å².